The second-order valence-electron chi connectivity index (χ2n) is 5.17. The van der Waals surface area contributed by atoms with Crippen LogP contribution < -0.4 is 10.1 Å². The molecule has 1 aromatic rings. The lowest BCUT2D eigenvalue weighted by atomic mass is 10.0. The lowest BCUT2D eigenvalue weighted by Crippen LogP contribution is -2.35. The van der Waals surface area contributed by atoms with E-state index in [1.807, 2.05) is 32.0 Å². The minimum Gasteiger partial charge on any atom is -0.493 e. The van der Waals surface area contributed by atoms with Gasteiger partial charge in [0.2, 0.25) is 0 Å². The first-order chi connectivity index (χ1) is 9.16. The van der Waals surface area contributed by atoms with Crippen molar-refractivity contribution in [2.24, 2.45) is 0 Å². The summed E-state index contributed by atoms with van der Waals surface area (Å²) in [7, 11) is 0. The summed E-state index contributed by atoms with van der Waals surface area (Å²) in [5, 5.41) is 13.2. The smallest absolute Gasteiger partial charge is 0.124 e. The molecule has 2 atom stereocenters. The van der Waals surface area contributed by atoms with E-state index in [1.54, 1.807) is 0 Å². The highest BCUT2D eigenvalue weighted by molar-refractivity contribution is 5.37. The highest BCUT2D eigenvalue weighted by Crippen LogP contribution is 2.31. The summed E-state index contributed by atoms with van der Waals surface area (Å²) in [6.45, 7) is 5.55. The van der Waals surface area contributed by atoms with E-state index in [2.05, 4.69) is 11.4 Å². The monoisotopic (exact) mass is 265 g/mol. The molecule has 0 aromatic heterocycles. The van der Waals surface area contributed by atoms with Crippen molar-refractivity contribution in [1.29, 1.82) is 0 Å². The van der Waals surface area contributed by atoms with E-state index in [1.165, 1.54) is 5.56 Å². The standard InChI is InChI=1S/C15H23NO3/c1-11(2)19-10-12(17)9-16-14-7-8-18-15-6-4-3-5-13(14)15/h3-6,11-12,14,16-17H,7-10H2,1-2H3. The third kappa shape index (κ3) is 4.20. The molecule has 0 bridgehead atoms. The van der Waals surface area contributed by atoms with Crippen LogP contribution in [0, 0.1) is 0 Å². The zero-order valence-corrected chi connectivity index (χ0v) is 11.6. The molecular weight excluding hydrogens is 242 g/mol. The molecule has 0 amide bonds. The van der Waals surface area contributed by atoms with Crippen molar-refractivity contribution in [2.75, 3.05) is 19.8 Å². The van der Waals surface area contributed by atoms with E-state index in [-0.39, 0.29) is 12.1 Å². The van der Waals surface area contributed by atoms with E-state index >= 15 is 0 Å². The summed E-state index contributed by atoms with van der Waals surface area (Å²) < 4.78 is 11.0. The second-order valence-corrected chi connectivity index (χ2v) is 5.17. The highest BCUT2D eigenvalue weighted by Gasteiger charge is 2.21. The number of fused-ring (bicyclic) bond motifs is 1. The molecule has 2 rings (SSSR count). The van der Waals surface area contributed by atoms with Gasteiger partial charge in [-0.3, -0.25) is 0 Å². The average molecular weight is 265 g/mol. The molecule has 1 aliphatic heterocycles. The number of aliphatic hydroxyl groups is 1. The molecule has 0 fully saturated rings. The number of aliphatic hydroxyl groups excluding tert-OH is 1. The van der Waals surface area contributed by atoms with Crippen LogP contribution in [0.2, 0.25) is 0 Å². The predicted octanol–water partition coefficient (Wildman–Crippen LogP) is 1.89. The summed E-state index contributed by atoms with van der Waals surface area (Å²) in [5.74, 6) is 0.944. The molecule has 1 aromatic carbocycles. The highest BCUT2D eigenvalue weighted by atomic mass is 16.5. The summed E-state index contributed by atoms with van der Waals surface area (Å²) in [6.07, 6.45) is 0.602. The maximum atomic E-state index is 9.86. The van der Waals surface area contributed by atoms with Crippen LogP contribution in [-0.4, -0.2) is 37.1 Å². The Bertz CT molecular complexity index is 395. The average Bonchev–Trinajstić information content (AvgIpc) is 2.42. The number of nitrogens with one attached hydrogen (secondary N) is 1. The summed E-state index contributed by atoms with van der Waals surface area (Å²) in [6, 6.07) is 8.30. The quantitative estimate of drug-likeness (QED) is 0.824. The maximum Gasteiger partial charge on any atom is 0.124 e. The number of para-hydroxylation sites is 1. The largest absolute Gasteiger partial charge is 0.493 e. The van der Waals surface area contributed by atoms with Gasteiger partial charge in [0.1, 0.15) is 5.75 Å². The van der Waals surface area contributed by atoms with Gasteiger partial charge in [0.15, 0.2) is 0 Å². The molecule has 0 spiro atoms. The van der Waals surface area contributed by atoms with Crippen molar-refractivity contribution in [3.8, 4) is 5.75 Å². The minimum absolute atomic E-state index is 0.151. The van der Waals surface area contributed by atoms with Crippen LogP contribution in [0.1, 0.15) is 31.9 Å². The molecule has 0 aliphatic carbocycles. The maximum absolute atomic E-state index is 9.86. The first kappa shape index (κ1) is 14.3. The van der Waals surface area contributed by atoms with Crippen molar-refractivity contribution in [1.82, 2.24) is 5.32 Å². The Labute approximate surface area is 114 Å². The van der Waals surface area contributed by atoms with Crippen molar-refractivity contribution in [3.63, 3.8) is 0 Å². The lowest BCUT2D eigenvalue weighted by Gasteiger charge is -2.27. The third-order valence-corrected chi connectivity index (χ3v) is 3.18. The fourth-order valence-electron chi connectivity index (χ4n) is 2.19. The topological polar surface area (TPSA) is 50.7 Å². The van der Waals surface area contributed by atoms with Crippen molar-refractivity contribution < 1.29 is 14.6 Å². The first-order valence-corrected chi connectivity index (χ1v) is 6.91. The van der Waals surface area contributed by atoms with Crippen LogP contribution in [0.5, 0.6) is 5.75 Å². The Hall–Kier alpha value is -1.10. The van der Waals surface area contributed by atoms with Gasteiger partial charge in [0.05, 0.1) is 25.4 Å². The normalized spacial score (nSPS) is 19.9. The minimum atomic E-state index is -0.475. The Balaban J connectivity index is 1.84. The Morgan fingerprint density at radius 3 is 3.00 bits per heavy atom. The first-order valence-electron chi connectivity index (χ1n) is 6.91. The van der Waals surface area contributed by atoms with E-state index in [4.69, 9.17) is 9.47 Å². The molecule has 0 saturated carbocycles. The van der Waals surface area contributed by atoms with Gasteiger partial charge in [0.25, 0.3) is 0 Å². The van der Waals surface area contributed by atoms with Crippen molar-refractivity contribution in [2.45, 2.75) is 38.5 Å². The Morgan fingerprint density at radius 1 is 1.42 bits per heavy atom. The van der Waals surface area contributed by atoms with Crippen molar-refractivity contribution in [3.05, 3.63) is 29.8 Å². The van der Waals surface area contributed by atoms with Gasteiger partial charge >= 0.3 is 0 Å². The zero-order valence-electron chi connectivity index (χ0n) is 11.6. The van der Waals surface area contributed by atoms with Crippen LogP contribution in [0.25, 0.3) is 0 Å². The molecule has 19 heavy (non-hydrogen) atoms. The van der Waals surface area contributed by atoms with E-state index in [0.29, 0.717) is 19.8 Å². The van der Waals surface area contributed by atoms with Gasteiger partial charge in [0, 0.05) is 24.6 Å². The van der Waals surface area contributed by atoms with Gasteiger partial charge in [-0.05, 0) is 19.9 Å². The summed E-state index contributed by atoms with van der Waals surface area (Å²) in [4.78, 5) is 0. The molecule has 4 heteroatoms. The molecule has 1 heterocycles. The lowest BCUT2D eigenvalue weighted by molar-refractivity contribution is 0.00497. The van der Waals surface area contributed by atoms with Gasteiger partial charge in [-0.25, -0.2) is 0 Å². The van der Waals surface area contributed by atoms with Gasteiger partial charge in [-0.2, -0.15) is 0 Å². The van der Waals surface area contributed by atoms with Crippen LogP contribution in [0.4, 0.5) is 0 Å². The number of rotatable bonds is 6. The zero-order chi connectivity index (χ0) is 13.7. The summed E-state index contributed by atoms with van der Waals surface area (Å²) >= 11 is 0. The number of hydrogen-bond donors (Lipinski definition) is 2. The second kappa shape index (κ2) is 6.89. The molecule has 2 N–H and O–H groups in total. The fourth-order valence-corrected chi connectivity index (χ4v) is 2.19. The molecule has 106 valence electrons. The van der Waals surface area contributed by atoms with E-state index in [0.717, 1.165) is 12.2 Å². The van der Waals surface area contributed by atoms with Gasteiger partial charge < -0.3 is 19.9 Å². The van der Waals surface area contributed by atoms with E-state index in [9.17, 15) is 5.11 Å². The van der Waals surface area contributed by atoms with Crippen LogP contribution in [0.15, 0.2) is 24.3 Å². The van der Waals surface area contributed by atoms with E-state index < -0.39 is 6.10 Å². The van der Waals surface area contributed by atoms with Crippen LogP contribution >= 0.6 is 0 Å². The number of benzene rings is 1. The molecular formula is C15H23NO3. The van der Waals surface area contributed by atoms with Gasteiger partial charge in [-0.15, -0.1) is 0 Å². The van der Waals surface area contributed by atoms with Crippen molar-refractivity contribution >= 4 is 0 Å². The molecule has 0 saturated heterocycles. The number of hydrogen-bond acceptors (Lipinski definition) is 4. The molecule has 1 aliphatic rings. The fraction of sp³-hybridized carbons (Fsp3) is 0.600. The summed E-state index contributed by atoms with van der Waals surface area (Å²) in [5.41, 5.74) is 1.17. The van der Waals surface area contributed by atoms with Crippen LogP contribution in [0.3, 0.4) is 0 Å². The third-order valence-electron chi connectivity index (χ3n) is 3.18. The number of ether oxygens (including phenoxy) is 2. The Morgan fingerprint density at radius 2 is 2.21 bits per heavy atom. The van der Waals surface area contributed by atoms with Gasteiger partial charge in [-0.1, -0.05) is 18.2 Å². The Kier molecular flexibility index (Phi) is 5.19. The molecule has 2 unspecified atom stereocenters. The predicted molar refractivity (Wildman–Crippen MR) is 74.4 cm³/mol. The van der Waals surface area contributed by atoms with Crippen LogP contribution in [-0.2, 0) is 4.74 Å². The SMILES string of the molecule is CC(C)OCC(O)CNC1CCOc2ccccc21. The molecule has 0 radical (unpaired) electrons. The molecule has 4 nitrogen and oxygen atoms in total.